The number of nitrogens with zero attached hydrogens (tertiary/aromatic N) is 3. The van der Waals surface area contributed by atoms with Gasteiger partial charge in [0.1, 0.15) is 5.52 Å². The van der Waals surface area contributed by atoms with E-state index in [4.69, 9.17) is 4.42 Å². The molecule has 30 heavy (non-hydrogen) atoms. The molecule has 0 aliphatic carbocycles. The van der Waals surface area contributed by atoms with Crippen LogP contribution in [0.1, 0.15) is 40.7 Å². The van der Waals surface area contributed by atoms with Crippen molar-refractivity contribution in [3.63, 3.8) is 0 Å². The fourth-order valence-corrected chi connectivity index (χ4v) is 4.12. The summed E-state index contributed by atoms with van der Waals surface area (Å²) in [7, 11) is 0. The van der Waals surface area contributed by atoms with Crippen molar-refractivity contribution in [1.29, 1.82) is 0 Å². The van der Waals surface area contributed by atoms with Gasteiger partial charge in [0, 0.05) is 24.6 Å². The molecule has 5 rings (SSSR count). The first-order chi connectivity index (χ1) is 14.7. The van der Waals surface area contributed by atoms with E-state index < -0.39 is 0 Å². The average molecular weight is 397 g/mol. The number of fused-ring (bicyclic) bond motifs is 1. The van der Waals surface area contributed by atoms with Crippen LogP contribution < -0.4 is 0 Å². The van der Waals surface area contributed by atoms with Gasteiger partial charge in [0.2, 0.25) is 0 Å². The number of carbonyl (C=O) groups is 1. The van der Waals surface area contributed by atoms with Crippen molar-refractivity contribution in [3.05, 3.63) is 83.9 Å². The quantitative estimate of drug-likeness (QED) is 0.476. The van der Waals surface area contributed by atoms with Gasteiger partial charge in [0.15, 0.2) is 11.5 Å². The molecule has 2 aromatic carbocycles. The molecule has 2 aromatic heterocycles. The summed E-state index contributed by atoms with van der Waals surface area (Å²) in [6.07, 6.45) is 1.71. The highest BCUT2D eigenvalue weighted by Gasteiger charge is 2.28. The summed E-state index contributed by atoms with van der Waals surface area (Å²) in [6, 6.07) is 21.7. The van der Waals surface area contributed by atoms with Crippen molar-refractivity contribution < 1.29 is 9.21 Å². The van der Waals surface area contributed by atoms with Crippen LogP contribution in [-0.2, 0) is 0 Å². The first-order valence-corrected chi connectivity index (χ1v) is 10.4. The second-order valence-corrected chi connectivity index (χ2v) is 7.78. The summed E-state index contributed by atoms with van der Waals surface area (Å²) in [5.74, 6) is 1.09. The number of rotatable bonds is 3. The lowest BCUT2D eigenvalue weighted by molar-refractivity contribution is 0.0705. The topological polar surface area (TPSA) is 59.2 Å². The predicted octanol–water partition coefficient (Wildman–Crippen LogP) is 5.22. The first kappa shape index (κ1) is 18.6. The molecule has 1 fully saturated rings. The van der Waals surface area contributed by atoms with Crippen LogP contribution in [-0.4, -0.2) is 33.9 Å². The molecule has 0 bridgehead atoms. The monoisotopic (exact) mass is 397 g/mol. The number of hydrogen-bond donors (Lipinski definition) is 0. The van der Waals surface area contributed by atoms with Crippen molar-refractivity contribution in [2.45, 2.75) is 25.7 Å². The van der Waals surface area contributed by atoms with Crippen LogP contribution in [0.15, 0.2) is 71.1 Å². The zero-order chi connectivity index (χ0) is 20.5. The number of pyridine rings is 1. The number of likely N-dealkylation sites (tertiary alicyclic amines) is 1. The molecule has 4 aromatic rings. The minimum Gasteiger partial charge on any atom is -0.440 e. The third kappa shape index (κ3) is 3.47. The minimum absolute atomic E-state index is 0.0515. The largest absolute Gasteiger partial charge is 0.440 e. The lowest BCUT2D eigenvalue weighted by Crippen LogP contribution is -2.38. The third-order valence-corrected chi connectivity index (χ3v) is 5.83. The van der Waals surface area contributed by atoms with Crippen molar-refractivity contribution in [1.82, 2.24) is 14.9 Å². The summed E-state index contributed by atoms with van der Waals surface area (Å²) in [5, 5.41) is 0. The van der Waals surface area contributed by atoms with Crippen molar-refractivity contribution in [2.75, 3.05) is 13.1 Å². The Morgan fingerprint density at radius 3 is 2.40 bits per heavy atom. The minimum atomic E-state index is 0.0515. The summed E-state index contributed by atoms with van der Waals surface area (Å²) in [6.45, 7) is 3.30. The Bertz CT molecular complexity index is 1160. The number of piperidine rings is 1. The van der Waals surface area contributed by atoms with Gasteiger partial charge in [-0.2, -0.15) is 0 Å². The van der Waals surface area contributed by atoms with Gasteiger partial charge in [-0.15, -0.1) is 0 Å². The number of oxazole rings is 1. The van der Waals surface area contributed by atoms with Crippen molar-refractivity contribution >= 4 is 17.0 Å². The zero-order valence-corrected chi connectivity index (χ0v) is 16.9. The molecule has 1 saturated heterocycles. The number of para-hydroxylation sites is 2. The number of hydrogen-bond acceptors (Lipinski definition) is 4. The molecule has 150 valence electrons. The maximum atomic E-state index is 13.1. The van der Waals surface area contributed by atoms with E-state index in [1.807, 2.05) is 78.6 Å². The Hall–Kier alpha value is -3.47. The highest BCUT2D eigenvalue weighted by Crippen LogP contribution is 2.30. The van der Waals surface area contributed by atoms with E-state index >= 15 is 0 Å². The molecule has 0 N–H and O–H groups in total. The summed E-state index contributed by atoms with van der Waals surface area (Å²) < 4.78 is 5.94. The van der Waals surface area contributed by atoms with Gasteiger partial charge < -0.3 is 9.32 Å². The van der Waals surface area contributed by atoms with Gasteiger partial charge >= 0.3 is 0 Å². The smallest absolute Gasteiger partial charge is 0.255 e. The van der Waals surface area contributed by atoms with Crippen LogP contribution in [0.3, 0.4) is 0 Å². The van der Waals surface area contributed by atoms with Gasteiger partial charge in [0.25, 0.3) is 5.91 Å². The van der Waals surface area contributed by atoms with Crippen LogP contribution in [0.25, 0.3) is 22.4 Å². The van der Waals surface area contributed by atoms with Crippen LogP contribution in [0.4, 0.5) is 0 Å². The predicted molar refractivity (Wildman–Crippen MR) is 116 cm³/mol. The lowest BCUT2D eigenvalue weighted by Gasteiger charge is -2.31. The Morgan fingerprint density at radius 1 is 0.933 bits per heavy atom. The number of aromatic nitrogens is 2. The Morgan fingerprint density at radius 2 is 1.67 bits per heavy atom. The number of aryl methyl sites for hydroxylation is 1. The van der Waals surface area contributed by atoms with E-state index in [1.165, 1.54) is 0 Å². The van der Waals surface area contributed by atoms with Gasteiger partial charge in [-0.3, -0.25) is 9.78 Å². The summed E-state index contributed by atoms with van der Waals surface area (Å²) in [5.41, 5.74) is 5.10. The first-order valence-electron chi connectivity index (χ1n) is 10.4. The third-order valence-electron chi connectivity index (χ3n) is 5.83. The van der Waals surface area contributed by atoms with Crippen molar-refractivity contribution in [2.24, 2.45) is 0 Å². The molecule has 1 amide bonds. The summed E-state index contributed by atoms with van der Waals surface area (Å²) in [4.78, 5) is 24.3. The molecule has 0 spiro atoms. The molecule has 5 heteroatoms. The maximum Gasteiger partial charge on any atom is 0.255 e. The molecule has 0 radical (unpaired) electrons. The van der Waals surface area contributed by atoms with E-state index in [9.17, 15) is 4.79 Å². The lowest BCUT2D eigenvalue weighted by atomic mass is 9.96. The van der Waals surface area contributed by atoms with Crippen LogP contribution in [0.5, 0.6) is 0 Å². The van der Waals surface area contributed by atoms with Gasteiger partial charge in [0.05, 0.1) is 17.0 Å². The zero-order valence-electron chi connectivity index (χ0n) is 16.9. The highest BCUT2D eigenvalue weighted by atomic mass is 16.3. The fraction of sp³-hybridized carbons (Fsp3) is 0.240. The normalized spacial score (nSPS) is 14.9. The van der Waals surface area contributed by atoms with Crippen LogP contribution >= 0.6 is 0 Å². The number of carbonyl (C=O) groups excluding carboxylic acids is 1. The average Bonchev–Trinajstić information content (AvgIpc) is 3.24. The fourth-order valence-electron chi connectivity index (χ4n) is 4.12. The van der Waals surface area contributed by atoms with E-state index in [1.54, 1.807) is 0 Å². The van der Waals surface area contributed by atoms with Crippen molar-refractivity contribution in [3.8, 4) is 11.3 Å². The van der Waals surface area contributed by atoms with Crippen LogP contribution in [0.2, 0.25) is 0 Å². The van der Waals surface area contributed by atoms with Gasteiger partial charge in [-0.1, -0.05) is 42.5 Å². The molecule has 1 aliphatic rings. The Balaban J connectivity index is 1.28. The SMILES string of the molecule is Cc1nc(-c2ccccc2)ccc1C(=O)N1CCC(c2nc3ccccc3o2)CC1. The van der Waals surface area contributed by atoms with E-state index in [-0.39, 0.29) is 11.8 Å². The second kappa shape index (κ2) is 7.75. The Labute approximate surface area is 175 Å². The number of benzene rings is 2. The van der Waals surface area contributed by atoms with E-state index in [0.717, 1.165) is 46.8 Å². The molecule has 0 atom stereocenters. The number of amides is 1. The molecule has 1 aliphatic heterocycles. The van der Waals surface area contributed by atoms with E-state index in [0.29, 0.717) is 18.7 Å². The molecule has 0 saturated carbocycles. The molecule has 5 nitrogen and oxygen atoms in total. The van der Waals surface area contributed by atoms with Crippen LogP contribution in [0, 0.1) is 6.92 Å². The maximum absolute atomic E-state index is 13.1. The molecule has 0 unspecified atom stereocenters. The van der Waals surface area contributed by atoms with Gasteiger partial charge in [-0.05, 0) is 44.0 Å². The molecular formula is C25H23N3O2. The van der Waals surface area contributed by atoms with Gasteiger partial charge in [-0.25, -0.2) is 4.98 Å². The molecule has 3 heterocycles. The standard InChI is InChI=1S/C25H23N3O2/c1-17-20(11-12-21(26-17)18-7-3-2-4-8-18)25(29)28-15-13-19(14-16-28)24-27-22-9-5-6-10-23(22)30-24/h2-12,19H,13-16H2,1H3. The van der Waals surface area contributed by atoms with E-state index in [2.05, 4.69) is 9.97 Å². The molecular weight excluding hydrogens is 374 g/mol. The highest BCUT2D eigenvalue weighted by molar-refractivity contribution is 5.95. The summed E-state index contributed by atoms with van der Waals surface area (Å²) >= 11 is 0. The second-order valence-electron chi connectivity index (χ2n) is 7.78. The Kier molecular flexibility index (Phi) is 4.79.